The Morgan fingerprint density at radius 1 is 1.10 bits per heavy atom. The number of rotatable bonds is 9. The summed E-state index contributed by atoms with van der Waals surface area (Å²) in [6.07, 6.45) is 1.46. The lowest BCUT2D eigenvalue weighted by atomic mass is 10.2. The van der Waals surface area contributed by atoms with Crippen molar-refractivity contribution in [1.29, 1.82) is 0 Å². The molecule has 0 unspecified atom stereocenters. The quantitative estimate of drug-likeness (QED) is 0.424. The lowest BCUT2D eigenvalue weighted by molar-refractivity contribution is -0.123. The van der Waals surface area contributed by atoms with Gasteiger partial charge in [0.2, 0.25) is 0 Å². The molecule has 150 valence electrons. The number of carbonyl (C=O) groups is 1. The van der Waals surface area contributed by atoms with Crippen molar-refractivity contribution in [2.45, 2.75) is 6.61 Å². The first-order chi connectivity index (χ1) is 14.2. The van der Waals surface area contributed by atoms with Crippen LogP contribution >= 0.6 is 11.3 Å². The van der Waals surface area contributed by atoms with Gasteiger partial charge in [0.25, 0.3) is 5.91 Å². The number of hydrogen-bond acceptors (Lipinski definition) is 6. The summed E-state index contributed by atoms with van der Waals surface area (Å²) in [4.78, 5) is 12.9. The van der Waals surface area contributed by atoms with E-state index < -0.39 is 11.7 Å². The second kappa shape index (κ2) is 10.2. The zero-order chi connectivity index (χ0) is 20.5. The van der Waals surface area contributed by atoms with Crippen molar-refractivity contribution in [2.75, 3.05) is 13.7 Å². The van der Waals surface area contributed by atoms with Gasteiger partial charge in [0.05, 0.1) is 13.3 Å². The third-order valence-electron chi connectivity index (χ3n) is 3.74. The largest absolute Gasteiger partial charge is 0.493 e. The van der Waals surface area contributed by atoms with Gasteiger partial charge in [-0.3, -0.25) is 4.79 Å². The molecule has 0 aliphatic carbocycles. The summed E-state index contributed by atoms with van der Waals surface area (Å²) in [5.74, 6) is 0.138. The lowest BCUT2D eigenvalue weighted by Crippen LogP contribution is -2.24. The maximum Gasteiger partial charge on any atom is 0.277 e. The molecule has 1 amide bonds. The van der Waals surface area contributed by atoms with Crippen molar-refractivity contribution < 1.29 is 23.4 Å². The topological polar surface area (TPSA) is 69.2 Å². The standard InChI is InChI=1S/C21H19FN2O4S/c1-26-20-11-15(8-9-19(20)27-13-16-5-4-10-29-16)12-23-24-21(25)14-28-18-7-3-2-6-17(18)22/h2-12H,13-14H2,1H3,(H,24,25)/b23-12-. The molecule has 2 aromatic carbocycles. The van der Waals surface area contributed by atoms with Crippen molar-refractivity contribution in [2.24, 2.45) is 5.10 Å². The molecule has 0 atom stereocenters. The van der Waals surface area contributed by atoms with E-state index in [-0.39, 0.29) is 12.4 Å². The first-order valence-electron chi connectivity index (χ1n) is 8.68. The van der Waals surface area contributed by atoms with Crippen LogP contribution in [0.25, 0.3) is 0 Å². The highest BCUT2D eigenvalue weighted by Crippen LogP contribution is 2.28. The number of nitrogens with zero attached hydrogens (tertiary/aromatic N) is 1. The summed E-state index contributed by atoms with van der Waals surface area (Å²) in [5, 5.41) is 5.87. The molecule has 1 N–H and O–H groups in total. The third-order valence-corrected chi connectivity index (χ3v) is 4.59. The highest BCUT2D eigenvalue weighted by molar-refractivity contribution is 7.09. The smallest absolute Gasteiger partial charge is 0.277 e. The molecule has 0 fully saturated rings. The number of halogens is 1. The van der Waals surface area contributed by atoms with E-state index in [0.717, 1.165) is 4.88 Å². The van der Waals surface area contributed by atoms with E-state index in [2.05, 4.69) is 10.5 Å². The van der Waals surface area contributed by atoms with Gasteiger partial charge in [0.15, 0.2) is 29.7 Å². The Morgan fingerprint density at radius 2 is 1.97 bits per heavy atom. The Kier molecular flexibility index (Phi) is 7.18. The van der Waals surface area contributed by atoms with Crippen LogP contribution in [0.1, 0.15) is 10.4 Å². The summed E-state index contributed by atoms with van der Waals surface area (Å²) in [7, 11) is 1.55. The molecule has 0 radical (unpaired) electrons. The normalized spacial score (nSPS) is 10.7. The zero-order valence-electron chi connectivity index (χ0n) is 15.6. The predicted octanol–water partition coefficient (Wildman–Crippen LogP) is 4.00. The van der Waals surface area contributed by atoms with Gasteiger partial charge in [0.1, 0.15) is 6.61 Å². The molecule has 6 nitrogen and oxygen atoms in total. The molecule has 3 rings (SSSR count). The molecule has 0 saturated heterocycles. The van der Waals surface area contributed by atoms with Gasteiger partial charge >= 0.3 is 0 Å². The zero-order valence-corrected chi connectivity index (χ0v) is 16.4. The van der Waals surface area contributed by atoms with Crippen LogP contribution in [0.15, 0.2) is 65.1 Å². The van der Waals surface area contributed by atoms with Gasteiger partial charge in [-0.2, -0.15) is 5.10 Å². The molecule has 0 aliphatic heterocycles. The van der Waals surface area contributed by atoms with Gasteiger partial charge in [-0.15, -0.1) is 11.3 Å². The van der Waals surface area contributed by atoms with Crippen LogP contribution in [0.5, 0.6) is 17.2 Å². The highest BCUT2D eigenvalue weighted by atomic mass is 32.1. The Morgan fingerprint density at radius 3 is 2.72 bits per heavy atom. The fraction of sp³-hybridized carbons (Fsp3) is 0.143. The number of thiophene rings is 1. The molecular formula is C21H19FN2O4S. The van der Waals surface area contributed by atoms with Crippen molar-refractivity contribution in [3.63, 3.8) is 0 Å². The van der Waals surface area contributed by atoms with Crippen LogP contribution in [-0.4, -0.2) is 25.8 Å². The average molecular weight is 414 g/mol. The number of benzene rings is 2. The minimum Gasteiger partial charge on any atom is -0.493 e. The maximum atomic E-state index is 13.4. The monoisotopic (exact) mass is 414 g/mol. The number of para-hydroxylation sites is 1. The van der Waals surface area contributed by atoms with Crippen LogP contribution in [0, 0.1) is 5.82 Å². The number of amides is 1. The SMILES string of the molecule is COc1cc(/C=N\NC(=O)COc2ccccc2F)ccc1OCc1cccs1. The summed E-state index contributed by atoms with van der Waals surface area (Å²) >= 11 is 1.62. The van der Waals surface area contributed by atoms with Crippen LogP contribution in [0.4, 0.5) is 4.39 Å². The number of methoxy groups -OCH3 is 1. The average Bonchev–Trinajstić information content (AvgIpc) is 3.25. The molecule has 3 aromatic rings. The second-order valence-corrected chi connectivity index (χ2v) is 6.82. The molecular weight excluding hydrogens is 395 g/mol. The molecule has 1 aromatic heterocycles. The van der Waals surface area contributed by atoms with Crippen LogP contribution in [0.3, 0.4) is 0 Å². The molecule has 0 aliphatic rings. The van der Waals surface area contributed by atoms with Crippen LogP contribution in [0.2, 0.25) is 0 Å². The fourth-order valence-electron chi connectivity index (χ4n) is 2.34. The maximum absolute atomic E-state index is 13.4. The predicted molar refractivity (Wildman–Crippen MR) is 109 cm³/mol. The van der Waals surface area contributed by atoms with Gasteiger partial charge < -0.3 is 14.2 Å². The second-order valence-electron chi connectivity index (χ2n) is 5.79. The summed E-state index contributed by atoms with van der Waals surface area (Å²) in [6, 6.07) is 15.1. The number of nitrogens with one attached hydrogen (secondary N) is 1. The Bertz CT molecular complexity index is 977. The number of carbonyl (C=O) groups excluding carboxylic acids is 1. The Hall–Kier alpha value is -3.39. The van der Waals surface area contributed by atoms with Crippen LogP contribution < -0.4 is 19.6 Å². The van der Waals surface area contributed by atoms with Crippen molar-refractivity contribution in [1.82, 2.24) is 5.43 Å². The van der Waals surface area contributed by atoms with E-state index in [1.807, 2.05) is 17.5 Å². The minimum absolute atomic E-state index is 0.00880. The van der Waals surface area contributed by atoms with Gasteiger partial charge in [-0.1, -0.05) is 18.2 Å². The lowest BCUT2D eigenvalue weighted by Gasteiger charge is -2.10. The molecule has 29 heavy (non-hydrogen) atoms. The van der Waals surface area contributed by atoms with Crippen molar-refractivity contribution in [3.8, 4) is 17.2 Å². The van der Waals surface area contributed by atoms with E-state index in [4.69, 9.17) is 14.2 Å². The van der Waals surface area contributed by atoms with Crippen LogP contribution in [-0.2, 0) is 11.4 Å². The van der Waals surface area contributed by atoms with E-state index in [0.29, 0.717) is 23.7 Å². The van der Waals surface area contributed by atoms with Gasteiger partial charge in [-0.05, 0) is 47.3 Å². The third kappa shape index (κ3) is 6.05. The number of ether oxygens (including phenoxy) is 3. The number of hydrogen-bond donors (Lipinski definition) is 1. The molecule has 0 bridgehead atoms. The minimum atomic E-state index is -0.530. The molecule has 8 heteroatoms. The Labute approximate surface area is 171 Å². The highest BCUT2D eigenvalue weighted by Gasteiger charge is 2.07. The fourth-order valence-corrected chi connectivity index (χ4v) is 2.96. The first kappa shape index (κ1) is 20.3. The van der Waals surface area contributed by atoms with Gasteiger partial charge in [-0.25, -0.2) is 9.82 Å². The number of hydrazone groups is 1. The van der Waals surface area contributed by atoms with Crippen molar-refractivity contribution >= 4 is 23.5 Å². The molecule has 0 saturated carbocycles. The molecule has 0 spiro atoms. The summed E-state index contributed by atoms with van der Waals surface area (Å²) in [5.41, 5.74) is 3.04. The van der Waals surface area contributed by atoms with E-state index in [1.54, 1.807) is 48.8 Å². The first-order valence-corrected chi connectivity index (χ1v) is 9.56. The summed E-state index contributed by atoms with van der Waals surface area (Å²) in [6.45, 7) is 0.108. The summed E-state index contributed by atoms with van der Waals surface area (Å²) < 4.78 is 29.7. The van der Waals surface area contributed by atoms with E-state index in [9.17, 15) is 9.18 Å². The van der Waals surface area contributed by atoms with Gasteiger partial charge in [0, 0.05) is 4.88 Å². The van der Waals surface area contributed by atoms with E-state index in [1.165, 1.54) is 18.3 Å². The molecule has 1 heterocycles. The Balaban J connectivity index is 1.51. The van der Waals surface area contributed by atoms with Crippen molar-refractivity contribution in [3.05, 3.63) is 76.2 Å². The van der Waals surface area contributed by atoms with E-state index >= 15 is 0 Å².